The predicted molar refractivity (Wildman–Crippen MR) is 187 cm³/mol. The van der Waals surface area contributed by atoms with E-state index in [2.05, 4.69) is 20.1 Å². The van der Waals surface area contributed by atoms with Crippen molar-refractivity contribution in [3.8, 4) is 5.75 Å². The van der Waals surface area contributed by atoms with Crippen LogP contribution in [0.4, 0.5) is 5.69 Å². The summed E-state index contributed by atoms with van der Waals surface area (Å²) in [4.78, 5) is 49.7. The first-order valence-corrected chi connectivity index (χ1v) is 17.5. The first kappa shape index (κ1) is 35.4. The molecule has 3 aliphatic heterocycles. The summed E-state index contributed by atoms with van der Waals surface area (Å²) in [5.74, 6) is -1.77. The number of unbranched alkanes of at least 4 members (excludes halogenated alkanes) is 1. The third kappa shape index (κ3) is 6.18. The van der Waals surface area contributed by atoms with Gasteiger partial charge in [0.2, 0.25) is 17.7 Å². The van der Waals surface area contributed by atoms with E-state index < -0.39 is 35.1 Å². The SMILES string of the molecule is C=CCN(CCCC)C(=O)C1N([C@@H](CO)Cc2ccccc2)C(=O)[C@@H]2[C@H](C(=O)N(CC=C)c3ccc(OCC)cc3)[C@]3(CC)CCC12O3. The molecule has 3 saturated heterocycles. The van der Waals surface area contributed by atoms with Gasteiger partial charge in [-0.1, -0.05) is 62.8 Å². The van der Waals surface area contributed by atoms with Crippen molar-refractivity contribution in [1.29, 1.82) is 0 Å². The molecule has 1 N–H and O–H groups in total. The maximum absolute atomic E-state index is 15.0. The minimum absolute atomic E-state index is 0.222. The molecule has 0 aromatic heterocycles. The Balaban J connectivity index is 1.61. The molecule has 2 aromatic rings. The number of nitrogens with zero attached hydrogens (tertiary/aromatic N) is 3. The Kier molecular flexibility index (Phi) is 11.1. The highest BCUT2D eigenvalue weighted by molar-refractivity contribution is 6.03. The molecule has 0 radical (unpaired) electrons. The van der Waals surface area contributed by atoms with Gasteiger partial charge >= 0.3 is 0 Å². The van der Waals surface area contributed by atoms with Gasteiger partial charge in [-0.3, -0.25) is 14.4 Å². The number of carbonyl (C=O) groups is 3. The quantitative estimate of drug-likeness (QED) is 0.236. The number of amides is 3. The van der Waals surface area contributed by atoms with E-state index in [1.165, 1.54) is 0 Å². The van der Waals surface area contributed by atoms with E-state index in [1.54, 1.807) is 26.9 Å². The van der Waals surface area contributed by atoms with E-state index in [-0.39, 0.29) is 30.9 Å². The minimum atomic E-state index is -1.21. The zero-order chi connectivity index (χ0) is 34.5. The van der Waals surface area contributed by atoms with Crippen LogP contribution in [-0.2, 0) is 25.5 Å². The second-order valence-electron chi connectivity index (χ2n) is 13.2. The number of carbonyl (C=O) groups excluding carboxylic acids is 3. The molecule has 258 valence electrons. The summed E-state index contributed by atoms with van der Waals surface area (Å²) in [5, 5.41) is 10.8. The molecular formula is C39H51N3O6. The summed E-state index contributed by atoms with van der Waals surface area (Å²) in [7, 11) is 0. The molecule has 2 unspecified atom stereocenters. The molecule has 9 nitrogen and oxygen atoms in total. The lowest BCUT2D eigenvalue weighted by Crippen LogP contribution is -2.59. The number of hydrogen-bond donors (Lipinski definition) is 1. The number of hydrogen-bond acceptors (Lipinski definition) is 6. The van der Waals surface area contributed by atoms with Crippen LogP contribution in [0.5, 0.6) is 5.75 Å². The zero-order valence-electron chi connectivity index (χ0n) is 28.7. The molecule has 6 atom stereocenters. The van der Waals surface area contributed by atoms with Crippen LogP contribution in [0.15, 0.2) is 79.9 Å². The predicted octanol–water partition coefficient (Wildman–Crippen LogP) is 5.18. The van der Waals surface area contributed by atoms with Crippen molar-refractivity contribution < 1.29 is 29.0 Å². The molecule has 3 aliphatic rings. The third-order valence-corrected chi connectivity index (χ3v) is 10.5. The molecule has 2 aromatic carbocycles. The van der Waals surface area contributed by atoms with Crippen molar-refractivity contribution in [2.24, 2.45) is 11.8 Å². The van der Waals surface area contributed by atoms with E-state index in [9.17, 15) is 14.7 Å². The van der Waals surface area contributed by atoms with Gasteiger partial charge in [0, 0.05) is 25.3 Å². The number of benzene rings is 2. The summed E-state index contributed by atoms with van der Waals surface area (Å²) < 4.78 is 12.7. The first-order valence-electron chi connectivity index (χ1n) is 17.5. The number of ether oxygens (including phenoxy) is 2. The van der Waals surface area contributed by atoms with Gasteiger partial charge in [0.15, 0.2) is 0 Å². The summed E-state index contributed by atoms with van der Waals surface area (Å²) in [5.41, 5.74) is -0.517. The van der Waals surface area contributed by atoms with Gasteiger partial charge in [0.1, 0.15) is 17.4 Å². The summed E-state index contributed by atoms with van der Waals surface area (Å²) >= 11 is 0. The van der Waals surface area contributed by atoms with Crippen LogP contribution in [-0.4, -0.2) is 88.8 Å². The molecule has 2 bridgehead atoms. The van der Waals surface area contributed by atoms with Crippen LogP contribution < -0.4 is 9.64 Å². The van der Waals surface area contributed by atoms with E-state index in [1.807, 2.05) is 68.4 Å². The smallest absolute Gasteiger partial charge is 0.248 e. The molecule has 3 amide bonds. The molecule has 48 heavy (non-hydrogen) atoms. The van der Waals surface area contributed by atoms with E-state index in [4.69, 9.17) is 9.47 Å². The van der Waals surface area contributed by atoms with Gasteiger partial charge in [-0.2, -0.15) is 0 Å². The summed E-state index contributed by atoms with van der Waals surface area (Å²) in [6, 6.07) is 15.3. The van der Waals surface area contributed by atoms with Crippen molar-refractivity contribution in [2.75, 3.05) is 37.7 Å². The van der Waals surface area contributed by atoms with E-state index in [0.717, 1.165) is 18.4 Å². The van der Waals surface area contributed by atoms with Crippen molar-refractivity contribution in [2.45, 2.75) is 82.6 Å². The lowest BCUT2D eigenvalue weighted by atomic mass is 9.64. The Labute approximate surface area is 285 Å². The fourth-order valence-electron chi connectivity index (χ4n) is 8.32. The minimum Gasteiger partial charge on any atom is -0.494 e. The Morgan fingerprint density at radius 3 is 2.35 bits per heavy atom. The molecule has 3 fully saturated rings. The van der Waals surface area contributed by atoms with Gasteiger partial charge in [0.05, 0.1) is 36.7 Å². The van der Waals surface area contributed by atoms with E-state index in [0.29, 0.717) is 56.8 Å². The molecule has 5 rings (SSSR count). The third-order valence-electron chi connectivity index (χ3n) is 10.5. The largest absolute Gasteiger partial charge is 0.494 e. The molecular weight excluding hydrogens is 606 g/mol. The van der Waals surface area contributed by atoms with Gasteiger partial charge in [-0.05, 0) is 68.9 Å². The topological polar surface area (TPSA) is 99.6 Å². The Morgan fingerprint density at radius 1 is 1.04 bits per heavy atom. The van der Waals surface area contributed by atoms with Crippen LogP contribution in [0.3, 0.4) is 0 Å². The van der Waals surface area contributed by atoms with Crippen LogP contribution in [0.25, 0.3) is 0 Å². The number of fused-ring (bicyclic) bond motifs is 1. The van der Waals surface area contributed by atoms with Gasteiger partial charge in [-0.25, -0.2) is 0 Å². The normalized spacial score (nSPS) is 26.2. The highest BCUT2D eigenvalue weighted by Crippen LogP contribution is 2.65. The highest BCUT2D eigenvalue weighted by atomic mass is 16.5. The molecule has 0 aliphatic carbocycles. The maximum atomic E-state index is 15.0. The fourth-order valence-corrected chi connectivity index (χ4v) is 8.32. The zero-order valence-corrected chi connectivity index (χ0v) is 28.7. The number of likely N-dealkylation sites (tertiary alicyclic amines) is 1. The Morgan fingerprint density at radius 2 is 1.75 bits per heavy atom. The van der Waals surface area contributed by atoms with E-state index >= 15 is 4.79 Å². The molecule has 1 spiro atoms. The number of aliphatic hydroxyl groups is 1. The molecule has 9 heteroatoms. The highest BCUT2D eigenvalue weighted by Gasteiger charge is 2.79. The second kappa shape index (κ2) is 15.1. The van der Waals surface area contributed by atoms with Crippen molar-refractivity contribution in [1.82, 2.24) is 9.80 Å². The average molecular weight is 658 g/mol. The maximum Gasteiger partial charge on any atom is 0.248 e. The van der Waals surface area contributed by atoms with Crippen molar-refractivity contribution in [3.63, 3.8) is 0 Å². The molecule has 3 heterocycles. The number of rotatable bonds is 17. The monoisotopic (exact) mass is 657 g/mol. The number of aliphatic hydroxyl groups excluding tert-OH is 1. The van der Waals surface area contributed by atoms with Crippen molar-refractivity contribution >= 4 is 23.4 Å². The van der Waals surface area contributed by atoms with Crippen LogP contribution in [0.1, 0.15) is 58.4 Å². The lowest BCUT2D eigenvalue weighted by molar-refractivity contribution is -0.155. The second-order valence-corrected chi connectivity index (χ2v) is 13.2. The summed E-state index contributed by atoms with van der Waals surface area (Å²) in [6.45, 7) is 15.1. The van der Waals surface area contributed by atoms with Crippen molar-refractivity contribution in [3.05, 3.63) is 85.5 Å². The standard InChI is InChI=1S/C39H51N3O6/c1-6-11-25-40(23-7-2)37(46)34-39-22-21-38(9-4,48-39)32(35(44)41(24-8-3)29-17-19-31(20-18-29)47-10-5)33(39)36(45)42(34)30(27-43)26-28-15-13-12-14-16-28/h7-8,12-20,30,32-34,43H,2-3,6,9-11,21-27H2,1,4-5H3/t30-,32-,33+,34?,38+,39?/m1/s1. The average Bonchev–Trinajstić information content (AvgIpc) is 3.72. The van der Waals surface area contributed by atoms with Crippen LogP contribution in [0.2, 0.25) is 0 Å². The van der Waals surface area contributed by atoms with Crippen LogP contribution in [0, 0.1) is 11.8 Å². The van der Waals surface area contributed by atoms with Gasteiger partial charge in [-0.15, -0.1) is 13.2 Å². The summed E-state index contributed by atoms with van der Waals surface area (Å²) in [6.07, 6.45) is 6.96. The molecule has 0 saturated carbocycles. The van der Waals surface area contributed by atoms with Gasteiger partial charge < -0.3 is 29.3 Å². The first-order chi connectivity index (χ1) is 23.2. The lowest BCUT2D eigenvalue weighted by Gasteiger charge is -2.39. The number of anilines is 1. The fraction of sp³-hybridized carbons (Fsp3) is 0.513. The Bertz CT molecular complexity index is 1460. The van der Waals surface area contributed by atoms with Gasteiger partial charge in [0.25, 0.3) is 0 Å². The van der Waals surface area contributed by atoms with Crippen LogP contribution >= 0.6 is 0 Å². The Hall–Kier alpha value is -3.95.